The average molecular weight is 376 g/mol. The molecule has 1 aromatic carbocycles. The van der Waals surface area contributed by atoms with Gasteiger partial charge in [0.2, 0.25) is 0 Å². The van der Waals surface area contributed by atoms with Crippen LogP contribution in [0, 0.1) is 0 Å². The summed E-state index contributed by atoms with van der Waals surface area (Å²) in [5.74, 6) is 1.25. The SMILES string of the molecule is O=C1CCc2cc(-c3cc4c(nn3)N([C@@H]3CCNC5(CC5)C3)CC4)c(O)cc21. The van der Waals surface area contributed by atoms with Gasteiger partial charge in [0, 0.05) is 41.2 Å². The van der Waals surface area contributed by atoms with Crippen molar-refractivity contribution in [2.24, 2.45) is 0 Å². The highest BCUT2D eigenvalue weighted by Gasteiger charge is 2.47. The molecule has 2 aromatic rings. The molecule has 2 aliphatic heterocycles. The number of nitrogens with one attached hydrogen (secondary N) is 1. The third kappa shape index (κ3) is 2.47. The van der Waals surface area contributed by atoms with Gasteiger partial charge >= 0.3 is 0 Å². The summed E-state index contributed by atoms with van der Waals surface area (Å²) in [7, 11) is 0. The molecule has 1 spiro atoms. The molecule has 1 aromatic heterocycles. The number of piperidine rings is 1. The van der Waals surface area contributed by atoms with Crippen LogP contribution in [0.4, 0.5) is 5.82 Å². The number of carbonyl (C=O) groups is 1. The Hall–Kier alpha value is -2.47. The maximum Gasteiger partial charge on any atom is 0.163 e. The average Bonchev–Trinajstić information content (AvgIpc) is 3.15. The Bertz CT molecular complexity index is 998. The number of benzene rings is 1. The molecular weight excluding hydrogens is 352 g/mol. The second-order valence-electron chi connectivity index (χ2n) is 8.83. The molecule has 6 nitrogen and oxygen atoms in total. The number of hydrogen-bond donors (Lipinski definition) is 2. The van der Waals surface area contributed by atoms with E-state index in [0.717, 1.165) is 43.7 Å². The maximum atomic E-state index is 11.9. The first kappa shape index (κ1) is 16.5. The van der Waals surface area contributed by atoms with Crippen molar-refractivity contribution in [2.75, 3.05) is 18.0 Å². The first-order chi connectivity index (χ1) is 13.6. The minimum absolute atomic E-state index is 0.114. The second kappa shape index (κ2) is 5.77. The van der Waals surface area contributed by atoms with E-state index in [0.29, 0.717) is 34.8 Å². The van der Waals surface area contributed by atoms with E-state index < -0.39 is 0 Å². The molecule has 2 N–H and O–H groups in total. The van der Waals surface area contributed by atoms with Gasteiger partial charge in [-0.15, -0.1) is 10.2 Å². The van der Waals surface area contributed by atoms with Crippen molar-refractivity contribution in [3.63, 3.8) is 0 Å². The standard InChI is InChI=1S/C22H24N4O2/c27-19-2-1-13-9-17(20(28)11-16(13)19)18-10-14-4-8-26(21(14)25-24-18)15-3-7-23-22(12-15)5-6-22/h9-11,15,23,28H,1-8,12H2/t15-/m1/s1. The van der Waals surface area contributed by atoms with Gasteiger partial charge in [0.1, 0.15) is 5.75 Å². The Kier molecular flexibility index (Phi) is 3.39. The van der Waals surface area contributed by atoms with E-state index in [1.165, 1.54) is 24.8 Å². The van der Waals surface area contributed by atoms with Crippen LogP contribution in [0.25, 0.3) is 11.3 Å². The zero-order valence-corrected chi connectivity index (χ0v) is 15.9. The van der Waals surface area contributed by atoms with E-state index >= 15 is 0 Å². The molecule has 6 rings (SSSR count). The molecule has 1 atom stereocenters. The topological polar surface area (TPSA) is 78.4 Å². The summed E-state index contributed by atoms with van der Waals surface area (Å²) < 4.78 is 0. The van der Waals surface area contributed by atoms with Crippen LogP contribution in [0.2, 0.25) is 0 Å². The predicted molar refractivity (Wildman–Crippen MR) is 106 cm³/mol. The Morgan fingerprint density at radius 2 is 1.96 bits per heavy atom. The Balaban J connectivity index is 1.32. The molecule has 6 heteroatoms. The fourth-order valence-electron chi connectivity index (χ4n) is 5.30. The molecule has 1 saturated heterocycles. The van der Waals surface area contributed by atoms with Crippen LogP contribution < -0.4 is 10.2 Å². The Labute approximate surface area is 164 Å². The molecule has 0 amide bonds. The molecule has 2 aliphatic carbocycles. The molecule has 0 radical (unpaired) electrons. The zero-order valence-electron chi connectivity index (χ0n) is 15.9. The first-order valence-corrected chi connectivity index (χ1v) is 10.4. The van der Waals surface area contributed by atoms with Crippen molar-refractivity contribution in [1.82, 2.24) is 15.5 Å². The summed E-state index contributed by atoms with van der Waals surface area (Å²) >= 11 is 0. The monoisotopic (exact) mass is 376 g/mol. The summed E-state index contributed by atoms with van der Waals surface area (Å²) in [6.45, 7) is 2.09. The molecule has 2 fully saturated rings. The van der Waals surface area contributed by atoms with Crippen molar-refractivity contribution in [3.05, 3.63) is 34.9 Å². The molecule has 28 heavy (non-hydrogen) atoms. The van der Waals surface area contributed by atoms with Gasteiger partial charge < -0.3 is 15.3 Å². The normalized spacial score (nSPS) is 24.5. The number of anilines is 1. The van der Waals surface area contributed by atoms with Gasteiger partial charge in [0.25, 0.3) is 0 Å². The third-order valence-electron chi connectivity index (χ3n) is 7.06. The van der Waals surface area contributed by atoms with Gasteiger partial charge in [-0.2, -0.15) is 0 Å². The van der Waals surface area contributed by atoms with Crippen LogP contribution in [-0.2, 0) is 12.8 Å². The molecule has 4 aliphatic rings. The summed E-state index contributed by atoms with van der Waals surface area (Å²) in [6, 6.07) is 6.15. The fourth-order valence-corrected chi connectivity index (χ4v) is 5.30. The van der Waals surface area contributed by atoms with E-state index in [-0.39, 0.29) is 11.5 Å². The summed E-state index contributed by atoms with van der Waals surface area (Å²) in [5.41, 5.74) is 4.65. The number of ketones is 1. The highest BCUT2D eigenvalue weighted by molar-refractivity contribution is 6.01. The maximum absolute atomic E-state index is 11.9. The van der Waals surface area contributed by atoms with E-state index in [2.05, 4.69) is 26.5 Å². The third-order valence-corrected chi connectivity index (χ3v) is 7.06. The highest BCUT2D eigenvalue weighted by atomic mass is 16.3. The van der Waals surface area contributed by atoms with E-state index in [1.807, 2.05) is 6.07 Å². The summed E-state index contributed by atoms with van der Waals surface area (Å²) in [4.78, 5) is 14.4. The van der Waals surface area contributed by atoms with E-state index in [4.69, 9.17) is 0 Å². The van der Waals surface area contributed by atoms with Gasteiger partial charge in [-0.3, -0.25) is 4.79 Å². The number of fused-ring (bicyclic) bond motifs is 2. The van der Waals surface area contributed by atoms with E-state index in [9.17, 15) is 9.90 Å². The van der Waals surface area contributed by atoms with Crippen LogP contribution in [0.3, 0.4) is 0 Å². The number of nitrogens with zero attached hydrogens (tertiary/aromatic N) is 3. The van der Waals surface area contributed by atoms with Gasteiger partial charge in [-0.05, 0) is 68.8 Å². The van der Waals surface area contributed by atoms with Gasteiger partial charge in [0.05, 0.1) is 5.69 Å². The Morgan fingerprint density at radius 3 is 2.82 bits per heavy atom. The van der Waals surface area contributed by atoms with Crippen molar-refractivity contribution in [2.45, 2.75) is 56.5 Å². The van der Waals surface area contributed by atoms with Crippen LogP contribution in [0.15, 0.2) is 18.2 Å². The lowest BCUT2D eigenvalue weighted by Crippen LogP contribution is -2.49. The second-order valence-corrected chi connectivity index (χ2v) is 8.83. The smallest absolute Gasteiger partial charge is 0.163 e. The molecule has 1 saturated carbocycles. The molecule has 0 bridgehead atoms. The number of carbonyl (C=O) groups excluding carboxylic acids is 1. The van der Waals surface area contributed by atoms with Gasteiger partial charge in [-0.1, -0.05) is 0 Å². The largest absolute Gasteiger partial charge is 0.507 e. The zero-order chi connectivity index (χ0) is 18.9. The van der Waals surface area contributed by atoms with Crippen LogP contribution >= 0.6 is 0 Å². The number of rotatable bonds is 2. The predicted octanol–water partition coefficient (Wildman–Crippen LogP) is 2.63. The van der Waals surface area contributed by atoms with E-state index in [1.54, 1.807) is 6.07 Å². The molecule has 0 unspecified atom stereocenters. The number of aryl methyl sites for hydroxylation is 1. The number of phenols is 1. The number of hydrogen-bond acceptors (Lipinski definition) is 6. The van der Waals surface area contributed by atoms with Crippen LogP contribution in [-0.4, -0.2) is 45.8 Å². The molecule has 144 valence electrons. The number of aromatic hydroxyl groups is 1. The number of Topliss-reactive ketones (excluding diaryl/α,β-unsaturated/α-hetero) is 1. The lowest BCUT2D eigenvalue weighted by atomic mass is 9.96. The van der Waals surface area contributed by atoms with Crippen LogP contribution in [0.5, 0.6) is 5.75 Å². The van der Waals surface area contributed by atoms with Crippen molar-refractivity contribution >= 4 is 11.6 Å². The lowest BCUT2D eigenvalue weighted by Gasteiger charge is -2.37. The van der Waals surface area contributed by atoms with Crippen molar-refractivity contribution in [3.8, 4) is 17.0 Å². The number of phenolic OH excluding ortho intramolecular Hbond substituents is 1. The van der Waals surface area contributed by atoms with Gasteiger partial charge in [0.15, 0.2) is 11.6 Å². The van der Waals surface area contributed by atoms with Gasteiger partial charge in [-0.25, -0.2) is 0 Å². The fraction of sp³-hybridized carbons (Fsp3) is 0.500. The highest BCUT2D eigenvalue weighted by Crippen LogP contribution is 2.45. The van der Waals surface area contributed by atoms with Crippen molar-refractivity contribution < 1.29 is 9.90 Å². The first-order valence-electron chi connectivity index (χ1n) is 10.4. The quantitative estimate of drug-likeness (QED) is 0.839. The minimum atomic E-state index is 0.114. The summed E-state index contributed by atoms with van der Waals surface area (Å²) in [5, 5.41) is 23.2. The van der Waals surface area contributed by atoms with Crippen LogP contribution in [0.1, 0.15) is 53.6 Å². The number of aromatic nitrogens is 2. The van der Waals surface area contributed by atoms with Crippen molar-refractivity contribution in [1.29, 1.82) is 0 Å². The molecular formula is C22H24N4O2. The summed E-state index contributed by atoms with van der Waals surface area (Å²) in [6.07, 6.45) is 7.20. The Morgan fingerprint density at radius 1 is 1.07 bits per heavy atom. The molecule has 3 heterocycles. The minimum Gasteiger partial charge on any atom is -0.507 e. The lowest BCUT2D eigenvalue weighted by molar-refractivity contribution is 0.0994.